The third-order valence-electron chi connectivity index (χ3n) is 5.05. The van der Waals surface area contributed by atoms with Gasteiger partial charge in [-0.2, -0.15) is 0 Å². The number of nitrogens with one attached hydrogen (secondary N) is 1. The molecule has 0 bridgehead atoms. The molecule has 5 heteroatoms. The number of rotatable bonds is 6. The van der Waals surface area contributed by atoms with E-state index >= 15 is 0 Å². The van der Waals surface area contributed by atoms with Crippen molar-refractivity contribution in [2.24, 2.45) is 5.73 Å². The first kappa shape index (κ1) is 17.9. The van der Waals surface area contributed by atoms with Gasteiger partial charge in [0.15, 0.2) is 0 Å². The fourth-order valence-corrected chi connectivity index (χ4v) is 4.46. The minimum absolute atomic E-state index is 0.0931. The van der Waals surface area contributed by atoms with Crippen molar-refractivity contribution in [2.75, 3.05) is 0 Å². The minimum atomic E-state index is -0.156. The van der Waals surface area contributed by atoms with Crippen LogP contribution in [0.5, 0.6) is 0 Å². The minimum Gasteiger partial charge on any atom is -0.340 e. The SMILES string of the molecule is CCCCC(N)c1nc(C(=O)NC2c3ccccc3-c3ccccc32)cs1. The first-order valence-electron chi connectivity index (χ1n) is 9.39. The maximum Gasteiger partial charge on any atom is 0.271 e. The van der Waals surface area contributed by atoms with E-state index in [1.807, 2.05) is 29.6 Å². The van der Waals surface area contributed by atoms with Crippen molar-refractivity contribution < 1.29 is 4.79 Å². The van der Waals surface area contributed by atoms with E-state index in [0.29, 0.717) is 5.69 Å². The number of carbonyl (C=O) groups is 1. The number of benzene rings is 2. The third-order valence-corrected chi connectivity index (χ3v) is 6.03. The summed E-state index contributed by atoms with van der Waals surface area (Å²) in [6, 6.07) is 16.2. The maximum absolute atomic E-state index is 12.9. The van der Waals surface area contributed by atoms with Gasteiger partial charge in [-0.05, 0) is 28.7 Å². The molecule has 0 spiro atoms. The summed E-state index contributed by atoms with van der Waals surface area (Å²) in [5.74, 6) is -0.156. The summed E-state index contributed by atoms with van der Waals surface area (Å²) in [5.41, 5.74) is 11.3. The summed E-state index contributed by atoms with van der Waals surface area (Å²) >= 11 is 1.47. The highest BCUT2D eigenvalue weighted by atomic mass is 32.1. The van der Waals surface area contributed by atoms with Crippen molar-refractivity contribution in [3.05, 3.63) is 75.7 Å². The maximum atomic E-state index is 12.9. The van der Waals surface area contributed by atoms with Gasteiger partial charge in [0.1, 0.15) is 10.7 Å². The number of fused-ring (bicyclic) bond motifs is 3. The Bertz CT molecular complexity index is 920. The number of hydrogen-bond donors (Lipinski definition) is 2. The van der Waals surface area contributed by atoms with Crippen LogP contribution in [0, 0.1) is 0 Å². The quantitative estimate of drug-likeness (QED) is 0.646. The van der Waals surface area contributed by atoms with Crippen molar-refractivity contribution >= 4 is 17.2 Å². The van der Waals surface area contributed by atoms with Gasteiger partial charge in [0.25, 0.3) is 5.91 Å². The average Bonchev–Trinajstić information content (AvgIpc) is 3.31. The predicted octanol–water partition coefficient (Wildman–Crippen LogP) is 4.83. The molecule has 1 atom stereocenters. The van der Waals surface area contributed by atoms with E-state index in [0.717, 1.165) is 35.4 Å². The van der Waals surface area contributed by atoms with Gasteiger partial charge in [-0.15, -0.1) is 11.3 Å². The molecule has 0 saturated heterocycles. The predicted molar refractivity (Wildman–Crippen MR) is 110 cm³/mol. The highest BCUT2D eigenvalue weighted by Gasteiger charge is 2.30. The number of amides is 1. The smallest absolute Gasteiger partial charge is 0.271 e. The molecule has 3 N–H and O–H groups in total. The Balaban J connectivity index is 1.56. The second-order valence-corrected chi connectivity index (χ2v) is 7.79. The first-order valence-corrected chi connectivity index (χ1v) is 10.3. The van der Waals surface area contributed by atoms with Crippen LogP contribution in [0.2, 0.25) is 0 Å². The lowest BCUT2D eigenvalue weighted by Gasteiger charge is -2.15. The van der Waals surface area contributed by atoms with E-state index in [4.69, 9.17) is 5.73 Å². The summed E-state index contributed by atoms with van der Waals surface area (Å²) in [6.45, 7) is 2.14. The van der Waals surface area contributed by atoms with Gasteiger partial charge >= 0.3 is 0 Å². The Kier molecular flexibility index (Phi) is 5.05. The monoisotopic (exact) mass is 377 g/mol. The second kappa shape index (κ2) is 7.62. The van der Waals surface area contributed by atoms with E-state index in [2.05, 4.69) is 41.5 Å². The topological polar surface area (TPSA) is 68.0 Å². The molecule has 1 heterocycles. The molecule has 0 fully saturated rings. The third kappa shape index (κ3) is 3.40. The molecule has 2 aromatic carbocycles. The van der Waals surface area contributed by atoms with Gasteiger partial charge in [-0.1, -0.05) is 68.3 Å². The van der Waals surface area contributed by atoms with Crippen LogP contribution >= 0.6 is 11.3 Å². The Labute approximate surface area is 163 Å². The van der Waals surface area contributed by atoms with Crippen molar-refractivity contribution in [1.29, 1.82) is 0 Å². The lowest BCUT2D eigenvalue weighted by molar-refractivity contribution is 0.0939. The fraction of sp³-hybridized carbons (Fsp3) is 0.273. The van der Waals surface area contributed by atoms with Crippen LogP contribution in [0.15, 0.2) is 53.9 Å². The molecular formula is C22H23N3OS. The molecule has 138 valence electrons. The molecule has 3 aromatic rings. The number of aromatic nitrogens is 1. The van der Waals surface area contributed by atoms with Gasteiger partial charge in [-0.25, -0.2) is 4.98 Å². The van der Waals surface area contributed by atoms with E-state index in [1.54, 1.807) is 0 Å². The molecular weight excluding hydrogens is 354 g/mol. The molecule has 1 amide bonds. The van der Waals surface area contributed by atoms with Crippen LogP contribution in [-0.4, -0.2) is 10.9 Å². The van der Waals surface area contributed by atoms with Crippen LogP contribution in [-0.2, 0) is 0 Å². The zero-order valence-corrected chi connectivity index (χ0v) is 16.1. The Morgan fingerprint density at radius 1 is 1.15 bits per heavy atom. The van der Waals surface area contributed by atoms with Crippen LogP contribution < -0.4 is 11.1 Å². The zero-order valence-electron chi connectivity index (χ0n) is 15.3. The molecule has 1 aromatic heterocycles. The zero-order chi connectivity index (χ0) is 18.8. The average molecular weight is 378 g/mol. The fourth-order valence-electron chi connectivity index (χ4n) is 3.63. The molecule has 4 nitrogen and oxygen atoms in total. The Morgan fingerprint density at radius 2 is 1.78 bits per heavy atom. The second-order valence-electron chi connectivity index (χ2n) is 6.90. The van der Waals surface area contributed by atoms with Crippen LogP contribution in [0.1, 0.15) is 64.9 Å². The summed E-state index contributed by atoms with van der Waals surface area (Å²) < 4.78 is 0. The van der Waals surface area contributed by atoms with Crippen molar-refractivity contribution in [2.45, 2.75) is 38.3 Å². The molecule has 1 aliphatic carbocycles. The number of thiazole rings is 1. The molecule has 27 heavy (non-hydrogen) atoms. The van der Waals surface area contributed by atoms with Crippen molar-refractivity contribution in [3.8, 4) is 11.1 Å². The van der Waals surface area contributed by atoms with Crippen LogP contribution in [0.25, 0.3) is 11.1 Å². The van der Waals surface area contributed by atoms with E-state index in [9.17, 15) is 4.79 Å². The van der Waals surface area contributed by atoms with Gasteiger partial charge in [0.2, 0.25) is 0 Å². The van der Waals surface area contributed by atoms with Crippen LogP contribution in [0.4, 0.5) is 0 Å². The van der Waals surface area contributed by atoms with Gasteiger partial charge < -0.3 is 11.1 Å². The number of hydrogen-bond acceptors (Lipinski definition) is 4. The lowest BCUT2D eigenvalue weighted by atomic mass is 10.1. The molecule has 4 rings (SSSR count). The van der Waals surface area contributed by atoms with Crippen molar-refractivity contribution in [1.82, 2.24) is 10.3 Å². The van der Waals surface area contributed by atoms with E-state index in [-0.39, 0.29) is 18.0 Å². The molecule has 1 aliphatic rings. The largest absolute Gasteiger partial charge is 0.340 e. The first-order chi connectivity index (χ1) is 13.2. The summed E-state index contributed by atoms with van der Waals surface area (Å²) in [6.07, 6.45) is 3.07. The Hall–Kier alpha value is -2.50. The van der Waals surface area contributed by atoms with Gasteiger partial charge in [-0.3, -0.25) is 4.79 Å². The summed E-state index contributed by atoms with van der Waals surface area (Å²) in [4.78, 5) is 17.4. The number of nitrogens with zero attached hydrogens (tertiary/aromatic N) is 1. The Morgan fingerprint density at radius 3 is 2.41 bits per heavy atom. The van der Waals surface area contributed by atoms with Gasteiger partial charge in [0, 0.05) is 5.38 Å². The number of unbranched alkanes of at least 4 members (excludes halogenated alkanes) is 1. The standard InChI is InChI=1S/C22H23N3OS/c1-2-3-12-18(23)22-24-19(13-27-22)21(26)25-20-16-10-6-4-8-14(16)15-9-5-7-11-17(15)20/h4-11,13,18,20H,2-3,12,23H2,1H3,(H,25,26). The van der Waals surface area contributed by atoms with Crippen molar-refractivity contribution in [3.63, 3.8) is 0 Å². The highest BCUT2D eigenvalue weighted by molar-refractivity contribution is 7.09. The summed E-state index contributed by atoms with van der Waals surface area (Å²) in [5, 5.41) is 5.81. The van der Waals surface area contributed by atoms with Crippen LogP contribution in [0.3, 0.4) is 0 Å². The van der Waals surface area contributed by atoms with E-state index in [1.165, 1.54) is 22.5 Å². The highest BCUT2D eigenvalue weighted by Crippen LogP contribution is 2.43. The van der Waals surface area contributed by atoms with Gasteiger partial charge in [0.05, 0.1) is 12.1 Å². The number of carbonyl (C=O) groups excluding carboxylic acids is 1. The number of nitrogens with two attached hydrogens (primary N) is 1. The summed E-state index contributed by atoms with van der Waals surface area (Å²) in [7, 11) is 0. The van der Waals surface area contributed by atoms with E-state index < -0.39 is 0 Å². The molecule has 0 saturated carbocycles. The molecule has 0 radical (unpaired) electrons. The normalized spacial score (nSPS) is 13.9. The lowest BCUT2D eigenvalue weighted by Crippen LogP contribution is -2.28. The molecule has 0 aliphatic heterocycles. The molecule has 1 unspecified atom stereocenters.